The fourth-order valence-corrected chi connectivity index (χ4v) is 1.92. The van der Waals surface area contributed by atoms with Crippen molar-refractivity contribution in [2.24, 2.45) is 0 Å². The molecule has 64 valence electrons. The third-order valence-electron chi connectivity index (χ3n) is 2.84. The molecule has 2 aliphatic rings. The minimum atomic E-state index is 0.250. The summed E-state index contributed by atoms with van der Waals surface area (Å²) in [6.07, 6.45) is 6.13. The van der Waals surface area contributed by atoms with Gasteiger partial charge in [0.2, 0.25) is 0 Å². The van der Waals surface area contributed by atoms with Gasteiger partial charge in [-0.25, -0.2) is 0 Å². The Bertz CT molecular complexity index is 120. The van der Waals surface area contributed by atoms with Crippen LogP contribution in [0.5, 0.6) is 0 Å². The first-order chi connectivity index (χ1) is 5.41. The third-order valence-corrected chi connectivity index (χ3v) is 2.84. The molecule has 2 heterocycles. The quantitative estimate of drug-likeness (QED) is 0.532. The van der Waals surface area contributed by atoms with Crippen LogP contribution in [0, 0.1) is 0 Å². The predicted molar refractivity (Wildman–Crippen MR) is 42.6 cm³/mol. The topological polar surface area (TPSA) is 18.5 Å². The first-order valence-corrected chi connectivity index (χ1v) is 4.63. The van der Waals surface area contributed by atoms with E-state index in [1.807, 2.05) is 0 Å². The van der Waals surface area contributed by atoms with Gasteiger partial charge in [-0.2, -0.15) is 0 Å². The van der Waals surface area contributed by atoms with Crippen molar-refractivity contribution in [2.75, 3.05) is 19.8 Å². The van der Waals surface area contributed by atoms with Crippen LogP contribution in [0.2, 0.25) is 0 Å². The highest BCUT2D eigenvalue weighted by Crippen LogP contribution is 2.35. The summed E-state index contributed by atoms with van der Waals surface area (Å²) in [5.41, 5.74) is 0.250. The van der Waals surface area contributed by atoms with Crippen LogP contribution in [0.15, 0.2) is 0 Å². The highest BCUT2D eigenvalue weighted by Gasteiger charge is 2.37. The lowest BCUT2D eigenvalue weighted by Crippen LogP contribution is -2.45. The molecule has 0 bridgehead atoms. The van der Waals surface area contributed by atoms with Crippen LogP contribution in [-0.4, -0.2) is 25.4 Å². The molecule has 1 atom stereocenters. The second-order valence-electron chi connectivity index (χ2n) is 3.60. The molecule has 0 radical (unpaired) electrons. The SMILES string of the molecule is C1CCC2(CCOC1)CCO2. The van der Waals surface area contributed by atoms with Crippen LogP contribution in [0.25, 0.3) is 0 Å². The van der Waals surface area contributed by atoms with Crippen LogP contribution < -0.4 is 0 Å². The summed E-state index contributed by atoms with van der Waals surface area (Å²) >= 11 is 0. The highest BCUT2D eigenvalue weighted by molar-refractivity contribution is 4.87. The van der Waals surface area contributed by atoms with E-state index in [4.69, 9.17) is 9.47 Å². The monoisotopic (exact) mass is 156 g/mol. The maximum Gasteiger partial charge on any atom is 0.0726 e. The van der Waals surface area contributed by atoms with Crippen molar-refractivity contribution in [3.05, 3.63) is 0 Å². The molecule has 1 spiro atoms. The predicted octanol–water partition coefficient (Wildman–Crippen LogP) is 1.74. The molecule has 11 heavy (non-hydrogen) atoms. The number of hydrogen-bond donors (Lipinski definition) is 0. The molecule has 2 rings (SSSR count). The minimum Gasteiger partial charge on any atom is -0.381 e. The normalized spacial score (nSPS) is 39.3. The van der Waals surface area contributed by atoms with Crippen molar-refractivity contribution in [1.82, 2.24) is 0 Å². The molecule has 0 aromatic carbocycles. The molecule has 0 saturated carbocycles. The molecule has 2 fully saturated rings. The lowest BCUT2D eigenvalue weighted by atomic mass is 9.85. The van der Waals surface area contributed by atoms with E-state index in [1.165, 1.54) is 25.7 Å². The van der Waals surface area contributed by atoms with E-state index in [0.717, 1.165) is 26.2 Å². The maximum atomic E-state index is 5.61. The van der Waals surface area contributed by atoms with Crippen LogP contribution in [0.3, 0.4) is 0 Å². The van der Waals surface area contributed by atoms with Gasteiger partial charge in [-0.15, -0.1) is 0 Å². The Morgan fingerprint density at radius 1 is 0.818 bits per heavy atom. The standard InChI is InChI=1S/C9H16O2/c1-2-6-10-7-4-9(3-1)5-8-11-9/h1-8H2. The van der Waals surface area contributed by atoms with Gasteiger partial charge < -0.3 is 9.47 Å². The molecule has 2 heteroatoms. The summed E-state index contributed by atoms with van der Waals surface area (Å²) in [6, 6.07) is 0. The molecule has 2 saturated heterocycles. The van der Waals surface area contributed by atoms with E-state index in [-0.39, 0.29) is 5.60 Å². The van der Waals surface area contributed by atoms with Crippen LogP contribution in [-0.2, 0) is 9.47 Å². The van der Waals surface area contributed by atoms with Crippen molar-refractivity contribution in [1.29, 1.82) is 0 Å². The van der Waals surface area contributed by atoms with Gasteiger partial charge in [-0.05, 0) is 32.1 Å². The Balaban J connectivity index is 1.86. The molecule has 0 aromatic heterocycles. The Labute approximate surface area is 67.9 Å². The number of hydrogen-bond acceptors (Lipinski definition) is 2. The van der Waals surface area contributed by atoms with Gasteiger partial charge in [0, 0.05) is 13.2 Å². The average molecular weight is 156 g/mol. The number of rotatable bonds is 0. The minimum absolute atomic E-state index is 0.250. The van der Waals surface area contributed by atoms with Crippen molar-refractivity contribution in [2.45, 2.75) is 37.7 Å². The smallest absolute Gasteiger partial charge is 0.0726 e. The van der Waals surface area contributed by atoms with Gasteiger partial charge in [-0.3, -0.25) is 0 Å². The Kier molecular flexibility index (Phi) is 2.14. The zero-order valence-electron chi connectivity index (χ0n) is 6.97. The van der Waals surface area contributed by atoms with Gasteiger partial charge >= 0.3 is 0 Å². The molecule has 2 nitrogen and oxygen atoms in total. The first kappa shape index (κ1) is 7.56. The summed E-state index contributed by atoms with van der Waals surface area (Å²) in [5, 5.41) is 0. The van der Waals surface area contributed by atoms with Crippen molar-refractivity contribution in [3.63, 3.8) is 0 Å². The Hall–Kier alpha value is -0.0800. The van der Waals surface area contributed by atoms with E-state index in [1.54, 1.807) is 0 Å². The molecule has 0 aromatic rings. The highest BCUT2D eigenvalue weighted by atomic mass is 16.5. The van der Waals surface area contributed by atoms with Gasteiger partial charge in [-0.1, -0.05) is 0 Å². The summed E-state index contributed by atoms with van der Waals surface area (Å²) in [7, 11) is 0. The molecular weight excluding hydrogens is 140 g/mol. The summed E-state index contributed by atoms with van der Waals surface area (Å²) < 4.78 is 11.0. The van der Waals surface area contributed by atoms with Gasteiger partial charge in [0.25, 0.3) is 0 Å². The lowest BCUT2D eigenvalue weighted by molar-refractivity contribution is -0.168. The largest absolute Gasteiger partial charge is 0.381 e. The Morgan fingerprint density at radius 2 is 1.73 bits per heavy atom. The molecule has 0 aliphatic carbocycles. The molecule has 1 unspecified atom stereocenters. The first-order valence-electron chi connectivity index (χ1n) is 4.63. The van der Waals surface area contributed by atoms with Gasteiger partial charge in [0.15, 0.2) is 0 Å². The van der Waals surface area contributed by atoms with E-state index in [9.17, 15) is 0 Å². The molecule has 2 aliphatic heterocycles. The molecule has 0 amide bonds. The van der Waals surface area contributed by atoms with Gasteiger partial charge in [0.05, 0.1) is 12.2 Å². The lowest BCUT2D eigenvalue weighted by Gasteiger charge is -2.43. The number of ether oxygens (including phenoxy) is 2. The fourth-order valence-electron chi connectivity index (χ4n) is 1.92. The van der Waals surface area contributed by atoms with Crippen molar-refractivity contribution >= 4 is 0 Å². The zero-order valence-corrected chi connectivity index (χ0v) is 6.97. The van der Waals surface area contributed by atoms with E-state index in [2.05, 4.69) is 0 Å². The summed E-state index contributed by atoms with van der Waals surface area (Å²) in [4.78, 5) is 0. The fraction of sp³-hybridized carbons (Fsp3) is 1.00. The van der Waals surface area contributed by atoms with Crippen molar-refractivity contribution < 1.29 is 9.47 Å². The van der Waals surface area contributed by atoms with E-state index >= 15 is 0 Å². The summed E-state index contributed by atoms with van der Waals surface area (Å²) in [6.45, 7) is 2.83. The van der Waals surface area contributed by atoms with E-state index < -0.39 is 0 Å². The Morgan fingerprint density at radius 3 is 2.45 bits per heavy atom. The summed E-state index contributed by atoms with van der Waals surface area (Å²) in [5.74, 6) is 0. The van der Waals surface area contributed by atoms with Crippen LogP contribution in [0.1, 0.15) is 32.1 Å². The van der Waals surface area contributed by atoms with Crippen LogP contribution in [0.4, 0.5) is 0 Å². The zero-order chi connectivity index (χ0) is 7.57. The van der Waals surface area contributed by atoms with Crippen molar-refractivity contribution in [3.8, 4) is 0 Å². The van der Waals surface area contributed by atoms with Crippen LogP contribution >= 0.6 is 0 Å². The third kappa shape index (κ3) is 1.57. The maximum absolute atomic E-state index is 5.61. The molecule has 0 N–H and O–H groups in total. The second kappa shape index (κ2) is 3.11. The second-order valence-corrected chi connectivity index (χ2v) is 3.60. The molecular formula is C9H16O2. The average Bonchev–Trinajstić information content (AvgIpc) is 1.82. The van der Waals surface area contributed by atoms with Gasteiger partial charge in [0.1, 0.15) is 0 Å². The van der Waals surface area contributed by atoms with E-state index in [0.29, 0.717) is 0 Å².